The van der Waals surface area contributed by atoms with Crippen LogP contribution in [0.25, 0.3) is 0 Å². The predicted octanol–water partition coefficient (Wildman–Crippen LogP) is 3.76. The van der Waals surface area contributed by atoms with Crippen LogP contribution >= 0.6 is 11.6 Å². The summed E-state index contributed by atoms with van der Waals surface area (Å²) in [5.41, 5.74) is 1.79. The summed E-state index contributed by atoms with van der Waals surface area (Å²) in [6.45, 7) is 4.12. The van der Waals surface area contributed by atoms with E-state index >= 15 is 0 Å². The Morgan fingerprint density at radius 1 is 1.12 bits per heavy atom. The van der Waals surface area contributed by atoms with Crippen LogP contribution in [-0.2, 0) is 10.0 Å². The van der Waals surface area contributed by atoms with Crippen molar-refractivity contribution in [2.45, 2.75) is 30.7 Å². The van der Waals surface area contributed by atoms with Crippen LogP contribution in [0.4, 0.5) is 0 Å². The van der Waals surface area contributed by atoms with Crippen molar-refractivity contribution in [2.24, 2.45) is 0 Å². The molecule has 0 amide bonds. The average Bonchev–Trinajstić information content (AvgIpc) is 3.10. The first-order valence-electron chi connectivity index (χ1n) is 8.52. The molecule has 1 fully saturated rings. The lowest BCUT2D eigenvalue weighted by Gasteiger charge is -2.28. The van der Waals surface area contributed by atoms with Crippen LogP contribution in [0.1, 0.15) is 30.0 Å². The van der Waals surface area contributed by atoms with E-state index in [1.54, 1.807) is 25.1 Å². The molecule has 1 aliphatic heterocycles. The van der Waals surface area contributed by atoms with Crippen molar-refractivity contribution in [3.8, 4) is 0 Å². The lowest BCUT2D eigenvalue weighted by Crippen LogP contribution is -2.37. The van der Waals surface area contributed by atoms with Crippen LogP contribution in [0, 0.1) is 6.92 Å². The molecule has 134 valence electrons. The molecule has 0 aliphatic carbocycles. The molecular weight excluding hydrogens is 356 g/mol. The molecule has 25 heavy (non-hydrogen) atoms. The topological polar surface area (TPSA) is 49.4 Å². The highest BCUT2D eigenvalue weighted by Crippen LogP contribution is 2.25. The van der Waals surface area contributed by atoms with Gasteiger partial charge in [0.1, 0.15) is 0 Å². The molecule has 6 heteroatoms. The highest BCUT2D eigenvalue weighted by atomic mass is 35.5. The van der Waals surface area contributed by atoms with Crippen molar-refractivity contribution < 1.29 is 8.42 Å². The predicted molar refractivity (Wildman–Crippen MR) is 101 cm³/mol. The molecule has 2 aromatic carbocycles. The minimum Gasteiger partial charge on any atom is -0.295 e. The monoisotopic (exact) mass is 378 g/mol. The molecule has 0 radical (unpaired) electrons. The van der Waals surface area contributed by atoms with E-state index in [1.807, 2.05) is 18.2 Å². The number of halogens is 1. The van der Waals surface area contributed by atoms with E-state index in [0.29, 0.717) is 17.1 Å². The van der Waals surface area contributed by atoms with Gasteiger partial charge in [0, 0.05) is 17.6 Å². The van der Waals surface area contributed by atoms with Crippen LogP contribution in [0.2, 0.25) is 5.02 Å². The number of hydrogen-bond donors (Lipinski definition) is 1. The van der Waals surface area contributed by atoms with E-state index in [9.17, 15) is 8.42 Å². The van der Waals surface area contributed by atoms with E-state index in [0.717, 1.165) is 31.5 Å². The molecule has 1 atom stereocenters. The van der Waals surface area contributed by atoms with Gasteiger partial charge >= 0.3 is 0 Å². The number of rotatable bonds is 6. The third-order valence-electron chi connectivity index (χ3n) is 4.66. The molecule has 4 nitrogen and oxygen atoms in total. The van der Waals surface area contributed by atoms with Gasteiger partial charge in [0.2, 0.25) is 10.0 Å². The van der Waals surface area contributed by atoms with Gasteiger partial charge in [-0.25, -0.2) is 13.1 Å². The Kier molecular flexibility index (Phi) is 5.79. The summed E-state index contributed by atoms with van der Waals surface area (Å²) in [6.07, 6.45) is 2.32. The first kappa shape index (κ1) is 18.4. The van der Waals surface area contributed by atoms with Crippen molar-refractivity contribution in [1.29, 1.82) is 0 Å². The Hall–Kier alpha value is -1.40. The Balaban J connectivity index is 1.80. The number of hydrogen-bond acceptors (Lipinski definition) is 3. The number of aryl methyl sites for hydroxylation is 1. The van der Waals surface area contributed by atoms with Gasteiger partial charge in [-0.3, -0.25) is 4.90 Å². The Morgan fingerprint density at radius 3 is 2.44 bits per heavy atom. The third-order valence-corrected chi connectivity index (χ3v) is 6.48. The maximum Gasteiger partial charge on any atom is 0.240 e. The van der Waals surface area contributed by atoms with Crippen LogP contribution in [0.15, 0.2) is 53.4 Å². The Labute approximate surface area is 154 Å². The van der Waals surface area contributed by atoms with E-state index in [4.69, 9.17) is 11.6 Å². The fourth-order valence-electron chi connectivity index (χ4n) is 3.37. The van der Waals surface area contributed by atoms with Gasteiger partial charge in [-0.05, 0) is 62.2 Å². The lowest BCUT2D eigenvalue weighted by molar-refractivity contribution is 0.246. The average molecular weight is 379 g/mol. The second kappa shape index (κ2) is 7.87. The Bertz CT molecular complexity index is 819. The van der Waals surface area contributed by atoms with Gasteiger partial charge in [-0.2, -0.15) is 0 Å². The zero-order valence-electron chi connectivity index (χ0n) is 14.3. The molecule has 1 heterocycles. The quantitative estimate of drug-likeness (QED) is 0.832. The number of likely N-dealkylation sites (tertiary alicyclic amines) is 1. The van der Waals surface area contributed by atoms with Gasteiger partial charge < -0.3 is 0 Å². The van der Waals surface area contributed by atoms with Gasteiger partial charge in [0.25, 0.3) is 0 Å². The maximum atomic E-state index is 12.7. The highest BCUT2D eigenvalue weighted by molar-refractivity contribution is 7.89. The summed E-state index contributed by atoms with van der Waals surface area (Å²) in [5, 5.41) is 0.538. The zero-order valence-corrected chi connectivity index (χ0v) is 15.9. The summed E-state index contributed by atoms with van der Waals surface area (Å²) in [7, 11) is -3.58. The van der Waals surface area contributed by atoms with Gasteiger partial charge in [-0.1, -0.05) is 41.9 Å². The van der Waals surface area contributed by atoms with Gasteiger partial charge in [-0.15, -0.1) is 0 Å². The first-order chi connectivity index (χ1) is 12.0. The molecule has 0 bridgehead atoms. The van der Waals surface area contributed by atoms with Crippen molar-refractivity contribution in [1.82, 2.24) is 9.62 Å². The smallest absolute Gasteiger partial charge is 0.240 e. The molecule has 1 N–H and O–H groups in total. The van der Waals surface area contributed by atoms with E-state index in [2.05, 4.69) is 21.8 Å². The molecule has 2 aromatic rings. The number of nitrogens with zero attached hydrogens (tertiary/aromatic N) is 1. The molecule has 0 aromatic heterocycles. The van der Waals surface area contributed by atoms with Crippen molar-refractivity contribution in [3.05, 3.63) is 64.7 Å². The lowest BCUT2D eigenvalue weighted by atomic mass is 10.1. The van der Waals surface area contributed by atoms with Crippen molar-refractivity contribution in [2.75, 3.05) is 19.6 Å². The highest BCUT2D eigenvalue weighted by Gasteiger charge is 2.26. The van der Waals surface area contributed by atoms with Gasteiger partial charge in [0.05, 0.1) is 4.90 Å². The minimum absolute atomic E-state index is 0.0473. The standard InChI is InChI=1S/C19H23ClN2O2S/c1-15-13-17(20)9-10-19(15)25(23,24)21-14-18(22-11-5-6-12-22)16-7-3-2-4-8-16/h2-4,7-10,13,18,21H,5-6,11-12,14H2,1H3. The summed E-state index contributed by atoms with van der Waals surface area (Å²) < 4.78 is 28.3. The normalized spacial score (nSPS) is 16.9. The number of sulfonamides is 1. The van der Waals surface area contributed by atoms with Crippen LogP contribution in [0.3, 0.4) is 0 Å². The van der Waals surface area contributed by atoms with Crippen LogP contribution in [0.5, 0.6) is 0 Å². The van der Waals surface area contributed by atoms with E-state index < -0.39 is 10.0 Å². The number of benzene rings is 2. The fourth-order valence-corrected chi connectivity index (χ4v) is 4.86. The van der Waals surface area contributed by atoms with Crippen molar-refractivity contribution >= 4 is 21.6 Å². The number of nitrogens with one attached hydrogen (secondary N) is 1. The molecule has 1 unspecified atom stereocenters. The molecular formula is C19H23ClN2O2S. The first-order valence-corrected chi connectivity index (χ1v) is 10.4. The van der Waals surface area contributed by atoms with Crippen molar-refractivity contribution in [3.63, 3.8) is 0 Å². The summed E-state index contributed by atoms with van der Waals surface area (Å²) in [5.74, 6) is 0. The molecule has 1 saturated heterocycles. The second-order valence-electron chi connectivity index (χ2n) is 6.43. The fraction of sp³-hybridized carbons (Fsp3) is 0.368. The molecule has 1 aliphatic rings. The van der Waals surface area contributed by atoms with Crippen LogP contribution < -0.4 is 4.72 Å². The molecule has 0 spiro atoms. The summed E-state index contributed by atoms with van der Waals surface area (Å²) in [4.78, 5) is 2.64. The maximum absolute atomic E-state index is 12.7. The Morgan fingerprint density at radius 2 is 1.80 bits per heavy atom. The summed E-state index contributed by atoms with van der Waals surface area (Å²) >= 11 is 5.94. The van der Waals surface area contributed by atoms with E-state index in [-0.39, 0.29) is 10.9 Å². The third kappa shape index (κ3) is 4.42. The molecule has 3 rings (SSSR count). The van der Waals surface area contributed by atoms with Gasteiger partial charge in [0.15, 0.2) is 0 Å². The SMILES string of the molecule is Cc1cc(Cl)ccc1S(=O)(=O)NCC(c1ccccc1)N1CCCC1. The zero-order chi connectivity index (χ0) is 17.9. The van der Waals surface area contributed by atoms with Crippen LogP contribution in [-0.4, -0.2) is 33.0 Å². The molecule has 0 saturated carbocycles. The second-order valence-corrected chi connectivity index (χ2v) is 8.60. The largest absolute Gasteiger partial charge is 0.295 e. The van der Waals surface area contributed by atoms with E-state index in [1.165, 1.54) is 0 Å². The minimum atomic E-state index is -3.58. The summed E-state index contributed by atoms with van der Waals surface area (Å²) in [6, 6.07) is 15.0.